The fourth-order valence-electron chi connectivity index (χ4n) is 2.62. The standard InChI is InChI=1S/C19H18ClN5O3/c1-25-17(24-15(10-18(25)26)14-5-7-21-11-23-14)6-8-22-19(27)13-4-3-12(20)9-16(13)28-2/h3-5,7,9-11H,6,8H2,1-2H3,(H,22,27). The van der Waals surface area contributed by atoms with Gasteiger partial charge in [-0.15, -0.1) is 0 Å². The average Bonchev–Trinajstić information content (AvgIpc) is 2.71. The Kier molecular flexibility index (Phi) is 6.00. The first-order valence-electron chi connectivity index (χ1n) is 8.44. The van der Waals surface area contributed by atoms with Gasteiger partial charge in [-0.1, -0.05) is 11.6 Å². The van der Waals surface area contributed by atoms with E-state index < -0.39 is 0 Å². The van der Waals surface area contributed by atoms with Crippen molar-refractivity contribution in [2.75, 3.05) is 13.7 Å². The van der Waals surface area contributed by atoms with Gasteiger partial charge < -0.3 is 10.1 Å². The number of carbonyl (C=O) groups excluding carboxylic acids is 1. The smallest absolute Gasteiger partial charge is 0.255 e. The van der Waals surface area contributed by atoms with Gasteiger partial charge in [0.15, 0.2) is 0 Å². The van der Waals surface area contributed by atoms with Gasteiger partial charge in [0.2, 0.25) is 0 Å². The maximum atomic E-state index is 12.4. The quantitative estimate of drug-likeness (QED) is 0.679. The first kappa shape index (κ1) is 19.5. The highest BCUT2D eigenvalue weighted by atomic mass is 35.5. The summed E-state index contributed by atoms with van der Waals surface area (Å²) in [6.45, 7) is 0.290. The third-order valence-corrected chi connectivity index (χ3v) is 4.35. The van der Waals surface area contributed by atoms with Crippen molar-refractivity contribution in [1.29, 1.82) is 0 Å². The highest BCUT2D eigenvalue weighted by molar-refractivity contribution is 6.30. The average molecular weight is 400 g/mol. The zero-order valence-electron chi connectivity index (χ0n) is 15.3. The second-order valence-corrected chi connectivity index (χ2v) is 6.34. The van der Waals surface area contributed by atoms with Gasteiger partial charge in [-0.05, 0) is 24.3 Å². The van der Waals surface area contributed by atoms with Crippen molar-refractivity contribution in [3.63, 3.8) is 0 Å². The molecule has 0 saturated carbocycles. The van der Waals surface area contributed by atoms with Crippen molar-refractivity contribution < 1.29 is 9.53 Å². The Morgan fingerprint density at radius 2 is 2.07 bits per heavy atom. The van der Waals surface area contributed by atoms with Gasteiger partial charge >= 0.3 is 0 Å². The number of amides is 1. The summed E-state index contributed by atoms with van der Waals surface area (Å²) in [5.41, 5.74) is 1.20. The number of halogens is 1. The Bertz CT molecular complexity index is 1050. The lowest BCUT2D eigenvalue weighted by Gasteiger charge is -2.11. The SMILES string of the molecule is COc1cc(Cl)ccc1C(=O)NCCc1nc(-c2ccncn2)cc(=O)n1C. The van der Waals surface area contributed by atoms with E-state index in [2.05, 4.69) is 20.3 Å². The van der Waals surface area contributed by atoms with Gasteiger partial charge in [-0.25, -0.2) is 15.0 Å². The van der Waals surface area contributed by atoms with E-state index in [1.54, 1.807) is 37.5 Å². The number of rotatable bonds is 6. The number of benzene rings is 1. The molecule has 3 aromatic rings. The molecule has 1 aromatic carbocycles. The molecule has 0 unspecified atom stereocenters. The molecule has 1 N–H and O–H groups in total. The molecule has 2 heterocycles. The number of hydrogen-bond acceptors (Lipinski definition) is 6. The van der Waals surface area contributed by atoms with E-state index in [1.807, 2.05) is 0 Å². The summed E-state index contributed by atoms with van der Waals surface area (Å²) >= 11 is 5.92. The molecule has 1 amide bonds. The van der Waals surface area contributed by atoms with Gasteiger partial charge in [0.25, 0.3) is 11.5 Å². The molecule has 0 atom stereocenters. The molecule has 3 rings (SSSR count). The Morgan fingerprint density at radius 3 is 2.79 bits per heavy atom. The predicted molar refractivity (Wildman–Crippen MR) is 105 cm³/mol. The molecule has 0 spiro atoms. The minimum Gasteiger partial charge on any atom is -0.496 e. The Morgan fingerprint density at radius 1 is 1.25 bits per heavy atom. The van der Waals surface area contributed by atoms with E-state index in [1.165, 1.54) is 24.1 Å². The molecule has 2 aromatic heterocycles. The number of methoxy groups -OCH3 is 1. The molecule has 144 valence electrons. The molecule has 0 fully saturated rings. The summed E-state index contributed by atoms with van der Waals surface area (Å²) < 4.78 is 6.64. The summed E-state index contributed by atoms with van der Waals surface area (Å²) in [6.07, 6.45) is 3.35. The molecule has 28 heavy (non-hydrogen) atoms. The lowest BCUT2D eigenvalue weighted by molar-refractivity contribution is 0.0951. The lowest BCUT2D eigenvalue weighted by Crippen LogP contribution is -2.29. The highest BCUT2D eigenvalue weighted by Crippen LogP contribution is 2.22. The molecular weight excluding hydrogens is 382 g/mol. The van der Waals surface area contributed by atoms with Gasteiger partial charge in [-0.2, -0.15) is 0 Å². The molecule has 8 nitrogen and oxygen atoms in total. The minimum absolute atomic E-state index is 0.204. The van der Waals surface area contributed by atoms with E-state index in [9.17, 15) is 9.59 Å². The molecule has 9 heteroatoms. The van der Waals surface area contributed by atoms with Crippen molar-refractivity contribution >= 4 is 17.5 Å². The first-order chi connectivity index (χ1) is 13.5. The number of nitrogens with one attached hydrogen (secondary N) is 1. The zero-order valence-corrected chi connectivity index (χ0v) is 16.1. The van der Waals surface area contributed by atoms with Crippen LogP contribution < -0.4 is 15.6 Å². The number of nitrogens with zero attached hydrogens (tertiary/aromatic N) is 4. The largest absolute Gasteiger partial charge is 0.496 e. The third-order valence-electron chi connectivity index (χ3n) is 4.11. The molecule has 0 aliphatic carbocycles. The predicted octanol–water partition coefficient (Wildman–Crippen LogP) is 1.87. The third kappa shape index (κ3) is 4.34. The van der Waals surface area contributed by atoms with Crippen LogP contribution in [0, 0.1) is 0 Å². The van der Waals surface area contributed by atoms with Crippen molar-refractivity contribution in [3.05, 3.63) is 69.6 Å². The van der Waals surface area contributed by atoms with Crippen LogP contribution in [0.25, 0.3) is 11.4 Å². The second-order valence-electron chi connectivity index (χ2n) is 5.90. The van der Waals surface area contributed by atoms with Crippen LogP contribution in [0.3, 0.4) is 0 Å². The topological polar surface area (TPSA) is 99.0 Å². The van der Waals surface area contributed by atoms with E-state index in [0.29, 0.717) is 40.0 Å². The lowest BCUT2D eigenvalue weighted by atomic mass is 10.2. The summed E-state index contributed by atoms with van der Waals surface area (Å²) in [5, 5.41) is 3.29. The van der Waals surface area contributed by atoms with Crippen LogP contribution in [-0.4, -0.2) is 39.1 Å². The summed E-state index contributed by atoms with van der Waals surface area (Å²) in [6, 6.07) is 7.89. The Hall–Kier alpha value is -3.26. The van der Waals surface area contributed by atoms with Crippen molar-refractivity contribution in [2.24, 2.45) is 7.05 Å². The van der Waals surface area contributed by atoms with Crippen molar-refractivity contribution in [2.45, 2.75) is 6.42 Å². The number of aromatic nitrogens is 4. The normalized spacial score (nSPS) is 10.5. The maximum absolute atomic E-state index is 12.4. The van der Waals surface area contributed by atoms with Crippen molar-refractivity contribution in [1.82, 2.24) is 24.8 Å². The molecular formula is C19H18ClN5O3. The van der Waals surface area contributed by atoms with E-state index >= 15 is 0 Å². The van der Waals surface area contributed by atoms with Crippen LogP contribution in [-0.2, 0) is 13.5 Å². The van der Waals surface area contributed by atoms with Crippen LogP contribution >= 0.6 is 11.6 Å². The number of ether oxygens (including phenoxy) is 1. The van der Waals surface area contributed by atoms with Crippen LogP contribution in [0.5, 0.6) is 5.75 Å². The second kappa shape index (κ2) is 8.62. The molecule has 0 bridgehead atoms. The van der Waals surface area contributed by atoms with Gasteiger partial charge in [0.1, 0.15) is 17.9 Å². The number of carbonyl (C=O) groups is 1. The Balaban J connectivity index is 1.74. The van der Waals surface area contributed by atoms with Gasteiger partial charge in [-0.3, -0.25) is 14.2 Å². The summed E-state index contributed by atoms with van der Waals surface area (Å²) in [5.74, 6) is 0.622. The zero-order chi connectivity index (χ0) is 20.1. The fraction of sp³-hybridized carbons (Fsp3) is 0.211. The maximum Gasteiger partial charge on any atom is 0.255 e. The van der Waals surface area contributed by atoms with Gasteiger partial charge in [0.05, 0.1) is 24.1 Å². The Labute approximate surface area is 166 Å². The van der Waals surface area contributed by atoms with E-state index in [4.69, 9.17) is 16.3 Å². The van der Waals surface area contributed by atoms with Crippen LogP contribution in [0.1, 0.15) is 16.2 Å². The highest BCUT2D eigenvalue weighted by Gasteiger charge is 2.13. The van der Waals surface area contributed by atoms with Crippen LogP contribution in [0.2, 0.25) is 5.02 Å². The molecule has 0 saturated heterocycles. The number of hydrogen-bond donors (Lipinski definition) is 1. The van der Waals surface area contributed by atoms with Gasteiger partial charge in [0, 0.05) is 37.3 Å². The summed E-state index contributed by atoms with van der Waals surface area (Å²) in [4.78, 5) is 37.1. The van der Waals surface area contributed by atoms with Crippen LogP contribution in [0.4, 0.5) is 0 Å². The molecule has 0 radical (unpaired) electrons. The first-order valence-corrected chi connectivity index (χ1v) is 8.82. The monoisotopic (exact) mass is 399 g/mol. The fourth-order valence-corrected chi connectivity index (χ4v) is 2.78. The van der Waals surface area contributed by atoms with E-state index in [0.717, 1.165) is 0 Å². The molecule has 0 aliphatic heterocycles. The summed E-state index contributed by atoms with van der Waals surface area (Å²) in [7, 11) is 3.11. The van der Waals surface area contributed by atoms with Crippen LogP contribution in [0.15, 0.2) is 47.7 Å². The van der Waals surface area contributed by atoms with Crippen molar-refractivity contribution in [3.8, 4) is 17.1 Å². The van der Waals surface area contributed by atoms with E-state index in [-0.39, 0.29) is 18.0 Å². The minimum atomic E-state index is -0.300. The molecule has 0 aliphatic rings.